The third kappa shape index (κ3) is 3.14. The molecule has 0 rings (SSSR count). The molecule has 0 spiro atoms. The van der Waals surface area contributed by atoms with Gasteiger partial charge in [-0.05, 0) is 0 Å². The van der Waals surface area contributed by atoms with Gasteiger partial charge in [-0.25, -0.2) is 4.79 Å². The lowest BCUT2D eigenvalue weighted by molar-refractivity contribution is -0.119. The second kappa shape index (κ2) is 3.01. The van der Waals surface area contributed by atoms with E-state index in [1.165, 1.54) is 0 Å². The number of hydrogen-bond donors (Lipinski definition) is 2. The van der Waals surface area contributed by atoms with Gasteiger partial charge in [0.2, 0.25) is 5.91 Å². The van der Waals surface area contributed by atoms with Crippen molar-refractivity contribution in [2.45, 2.75) is 13.3 Å². The van der Waals surface area contributed by atoms with Gasteiger partial charge in [0, 0.05) is 6.42 Å². The molecule has 0 fully saturated rings. The fraction of sp³-hybridized carbons (Fsp3) is 0.500. The van der Waals surface area contributed by atoms with E-state index in [2.05, 4.69) is 5.73 Å². The lowest BCUT2D eigenvalue weighted by atomic mass is 10.5. The Balaban J connectivity index is 3.40. The van der Waals surface area contributed by atoms with Crippen molar-refractivity contribution in [2.24, 2.45) is 5.73 Å². The second-order valence-corrected chi connectivity index (χ2v) is 1.27. The Morgan fingerprint density at radius 1 is 1.62 bits per heavy atom. The normalized spacial score (nSPS) is 8.12. The van der Waals surface area contributed by atoms with Crippen LogP contribution in [0.3, 0.4) is 0 Å². The van der Waals surface area contributed by atoms with Crippen LogP contribution in [0.4, 0.5) is 4.79 Å². The van der Waals surface area contributed by atoms with Crippen LogP contribution in [-0.2, 0) is 4.79 Å². The average molecular weight is 116 g/mol. The molecule has 3 amide bonds. The van der Waals surface area contributed by atoms with Gasteiger partial charge in [-0.15, -0.1) is 0 Å². The van der Waals surface area contributed by atoms with Crippen molar-refractivity contribution < 1.29 is 9.59 Å². The summed E-state index contributed by atoms with van der Waals surface area (Å²) in [6, 6.07) is -0.795. The third-order valence-corrected chi connectivity index (χ3v) is 0.584. The second-order valence-electron chi connectivity index (χ2n) is 1.27. The highest BCUT2D eigenvalue weighted by Crippen LogP contribution is 1.71. The molecule has 0 saturated carbocycles. The standard InChI is InChI=1S/C4H8N2O2/c1-2-3(7)6-4(5)8/h2H2,1H3,(H3,5,6,7,8). The smallest absolute Gasteiger partial charge is 0.318 e. The van der Waals surface area contributed by atoms with Crippen molar-refractivity contribution in [3.05, 3.63) is 0 Å². The number of amides is 3. The number of carbonyl (C=O) groups excluding carboxylic acids is 2. The first-order valence-corrected chi connectivity index (χ1v) is 2.26. The number of nitrogens with two attached hydrogens (primary N) is 1. The van der Waals surface area contributed by atoms with Crippen molar-refractivity contribution >= 4 is 11.9 Å². The summed E-state index contributed by atoms with van der Waals surface area (Å²) in [6.07, 6.45) is 0.281. The summed E-state index contributed by atoms with van der Waals surface area (Å²) in [4.78, 5) is 20.1. The predicted octanol–water partition coefficient (Wildman–Crippen LogP) is -0.409. The zero-order chi connectivity index (χ0) is 6.57. The summed E-state index contributed by atoms with van der Waals surface area (Å²) in [7, 11) is 0. The Labute approximate surface area is 47.0 Å². The Hall–Kier alpha value is -1.06. The third-order valence-electron chi connectivity index (χ3n) is 0.584. The Morgan fingerprint density at radius 3 is 2.25 bits per heavy atom. The van der Waals surface area contributed by atoms with E-state index in [0.29, 0.717) is 0 Å². The summed E-state index contributed by atoms with van der Waals surface area (Å²) in [5.74, 6) is -0.350. The van der Waals surface area contributed by atoms with E-state index in [1.807, 2.05) is 5.32 Å². The van der Waals surface area contributed by atoms with E-state index in [1.54, 1.807) is 6.92 Å². The number of nitrogens with one attached hydrogen (secondary N) is 1. The van der Waals surface area contributed by atoms with E-state index >= 15 is 0 Å². The number of imide groups is 1. The van der Waals surface area contributed by atoms with E-state index in [4.69, 9.17) is 0 Å². The molecule has 0 atom stereocenters. The van der Waals surface area contributed by atoms with E-state index in [9.17, 15) is 9.59 Å². The molecular formula is C4H8N2O2. The number of carbonyl (C=O) groups is 2. The average Bonchev–Trinajstić information content (AvgIpc) is 1.65. The van der Waals surface area contributed by atoms with Crippen LogP contribution in [0.15, 0.2) is 0 Å². The molecule has 0 aromatic carbocycles. The Morgan fingerprint density at radius 2 is 2.12 bits per heavy atom. The van der Waals surface area contributed by atoms with E-state index < -0.39 is 6.03 Å². The monoisotopic (exact) mass is 116 g/mol. The summed E-state index contributed by atoms with van der Waals surface area (Å²) >= 11 is 0. The molecule has 0 saturated heterocycles. The lowest BCUT2D eigenvalue weighted by Crippen LogP contribution is -2.34. The molecule has 0 aliphatic heterocycles. The Kier molecular flexibility index (Phi) is 2.61. The molecule has 46 valence electrons. The van der Waals surface area contributed by atoms with Crippen LogP contribution in [0.25, 0.3) is 0 Å². The molecule has 3 N–H and O–H groups in total. The van der Waals surface area contributed by atoms with Crippen molar-refractivity contribution in [3.8, 4) is 0 Å². The van der Waals surface area contributed by atoms with Gasteiger partial charge in [0.15, 0.2) is 0 Å². The highest BCUT2D eigenvalue weighted by atomic mass is 16.2. The molecule has 4 heteroatoms. The molecule has 0 heterocycles. The molecule has 8 heavy (non-hydrogen) atoms. The zero-order valence-electron chi connectivity index (χ0n) is 4.60. The molecule has 0 radical (unpaired) electrons. The molecule has 0 aromatic heterocycles. The van der Waals surface area contributed by atoms with Crippen molar-refractivity contribution in [1.82, 2.24) is 5.32 Å². The molecule has 0 aromatic rings. The highest BCUT2D eigenvalue weighted by Gasteiger charge is 1.96. The fourth-order valence-electron chi connectivity index (χ4n) is 0.226. The summed E-state index contributed by atoms with van der Waals surface area (Å²) < 4.78 is 0. The molecule has 0 bridgehead atoms. The van der Waals surface area contributed by atoms with Crippen molar-refractivity contribution in [2.75, 3.05) is 0 Å². The highest BCUT2D eigenvalue weighted by molar-refractivity contribution is 5.93. The quantitative estimate of drug-likeness (QED) is 0.489. The van der Waals surface area contributed by atoms with Gasteiger partial charge in [-0.3, -0.25) is 10.1 Å². The van der Waals surface area contributed by atoms with Crippen LogP contribution in [0.2, 0.25) is 0 Å². The summed E-state index contributed by atoms with van der Waals surface area (Å²) in [6.45, 7) is 1.64. The minimum Gasteiger partial charge on any atom is -0.351 e. The predicted molar refractivity (Wildman–Crippen MR) is 28.0 cm³/mol. The number of rotatable bonds is 1. The fourth-order valence-corrected chi connectivity index (χ4v) is 0.226. The van der Waals surface area contributed by atoms with Gasteiger partial charge in [-0.2, -0.15) is 0 Å². The minimum absolute atomic E-state index is 0.281. The molecule has 0 unspecified atom stereocenters. The van der Waals surface area contributed by atoms with Gasteiger partial charge in [0.25, 0.3) is 0 Å². The van der Waals surface area contributed by atoms with Crippen LogP contribution in [0.1, 0.15) is 13.3 Å². The topological polar surface area (TPSA) is 72.2 Å². The van der Waals surface area contributed by atoms with E-state index in [-0.39, 0.29) is 12.3 Å². The van der Waals surface area contributed by atoms with Gasteiger partial charge in [0.1, 0.15) is 0 Å². The van der Waals surface area contributed by atoms with E-state index in [0.717, 1.165) is 0 Å². The first kappa shape index (κ1) is 6.94. The molecule has 0 aliphatic carbocycles. The van der Waals surface area contributed by atoms with Crippen LogP contribution in [0.5, 0.6) is 0 Å². The summed E-state index contributed by atoms with van der Waals surface area (Å²) in [5.41, 5.74) is 4.60. The number of primary amides is 1. The number of hydrogen-bond acceptors (Lipinski definition) is 2. The molecule has 0 aliphatic rings. The largest absolute Gasteiger partial charge is 0.351 e. The SMILES string of the molecule is CCC(=O)NC(N)=O. The first-order valence-electron chi connectivity index (χ1n) is 2.26. The zero-order valence-corrected chi connectivity index (χ0v) is 4.60. The van der Waals surface area contributed by atoms with Crippen LogP contribution < -0.4 is 11.1 Å². The molecular weight excluding hydrogens is 108 g/mol. The van der Waals surface area contributed by atoms with Crippen LogP contribution >= 0.6 is 0 Å². The van der Waals surface area contributed by atoms with Gasteiger partial charge < -0.3 is 5.73 Å². The van der Waals surface area contributed by atoms with Gasteiger partial charge in [-0.1, -0.05) is 6.92 Å². The van der Waals surface area contributed by atoms with Gasteiger partial charge in [0.05, 0.1) is 0 Å². The summed E-state index contributed by atoms with van der Waals surface area (Å²) in [5, 5.41) is 1.89. The van der Waals surface area contributed by atoms with Gasteiger partial charge >= 0.3 is 6.03 Å². The lowest BCUT2D eigenvalue weighted by Gasteiger charge is -1.92. The maximum Gasteiger partial charge on any atom is 0.318 e. The first-order chi connectivity index (χ1) is 3.66. The maximum atomic E-state index is 10.2. The van der Waals surface area contributed by atoms with Crippen molar-refractivity contribution in [3.63, 3.8) is 0 Å². The van der Waals surface area contributed by atoms with Crippen molar-refractivity contribution in [1.29, 1.82) is 0 Å². The van der Waals surface area contributed by atoms with Crippen LogP contribution in [-0.4, -0.2) is 11.9 Å². The number of urea groups is 1. The minimum atomic E-state index is -0.795. The van der Waals surface area contributed by atoms with Crippen LogP contribution in [0, 0.1) is 0 Å². The molecule has 4 nitrogen and oxygen atoms in total. The Bertz CT molecular complexity index is 111. The maximum absolute atomic E-state index is 10.2.